The van der Waals surface area contributed by atoms with Crippen LogP contribution in [0.1, 0.15) is 48.2 Å². The van der Waals surface area contributed by atoms with Gasteiger partial charge in [-0.25, -0.2) is 4.39 Å². The van der Waals surface area contributed by atoms with E-state index in [-0.39, 0.29) is 5.82 Å². The Balaban J connectivity index is 1.31. The molecule has 0 N–H and O–H groups in total. The minimum atomic E-state index is -0.178. The van der Waals surface area contributed by atoms with Gasteiger partial charge >= 0.3 is 0 Å². The lowest BCUT2D eigenvalue weighted by Gasteiger charge is -2.35. The summed E-state index contributed by atoms with van der Waals surface area (Å²) in [5.74, 6) is 3.51. The summed E-state index contributed by atoms with van der Waals surface area (Å²) in [6.07, 6.45) is 3.52. The van der Waals surface area contributed by atoms with Crippen molar-refractivity contribution in [3.05, 3.63) is 71.4 Å². The van der Waals surface area contributed by atoms with E-state index in [0.717, 1.165) is 17.9 Å². The largest absolute Gasteiger partial charge is 0.339 e. The molecule has 0 spiro atoms. The van der Waals surface area contributed by atoms with Crippen molar-refractivity contribution in [2.75, 3.05) is 14.1 Å². The van der Waals surface area contributed by atoms with Crippen LogP contribution in [-0.4, -0.2) is 29.1 Å². The zero-order valence-corrected chi connectivity index (χ0v) is 17.8. The van der Waals surface area contributed by atoms with Crippen molar-refractivity contribution < 1.29 is 8.91 Å². The molecule has 2 aliphatic carbocycles. The van der Waals surface area contributed by atoms with E-state index in [1.807, 2.05) is 24.3 Å². The molecule has 2 aliphatic rings. The van der Waals surface area contributed by atoms with E-state index in [1.165, 1.54) is 24.0 Å². The van der Waals surface area contributed by atoms with Gasteiger partial charge < -0.3 is 9.42 Å². The summed E-state index contributed by atoms with van der Waals surface area (Å²) in [4.78, 5) is 7.01. The smallest absolute Gasteiger partial charge is 0.230 e. The molecule has 5 rings (SSSR count). The van der Waals surface area contributed by atoms with Gasteiger partial charge in [0, 0.05) is 17.5 Å². The fraction of sp³-hybridized carbons (Fsp3) is 0.440. The Morgan fingerprint density at radius 2 is 1.73 bits per heavy atom. The van der Waals surface area contributed by atoms with Gasteiger partial charge in [-0.2, -0.15) is 4.98 Å². The Labute approximate surface area is 177 Å². The van der Waals surface area contributed by atoms with E-state index in [2.05, 4.69) is 43.2 Å². The number of fused-ring (bicyclic) bond motifs is 1. The third kappa shape index (κ3) is 3.56. The molecule has 1 heterocycles. The maximum Gasteiger partial charge on any atom is 0.230 e. The van der Waals surface area contributed by atoms with Crippen LogP contribution in [0.2, 0.25) is 0 Å². The first-order valence-corrected chi connectivity index (χ1v) is 10.8. The van der Waals surface area contributed by atoms with Gasteiger partial charge in [-0.3, -0.25) is 0 Å². The van der Waals surface area contributed by atoms with E-state index >= 15 is 0 Å². The van der Waals surface area contributed by atoms with Gasteiger partial charge in [0.05, 0.1) is 0 Å². The number of hydrogen-bond donors (Lipinski definition) is 0. The average Bonchev–Trinajstić information content (AvgIpc) is 3.24. The Morgan fingerprint density at radius 1 is 1.00 bits per heavy atom. The molecule has 4 nitrogen and oxygen atoms in total. The first-order valence-electron chi connectivity index (χ1n) is 10.8. The number of halogens is 1. The Morgan fingerprint density at radius 3 is 2.43 bits per heavy atom. The maximum atomic E-state index is 13.4. The SMILES string of the molecule is Cc1ccc(-c2noc(C3C4CCC(C(c5ccc(F)cc5)N(C)C)CC43)n2)cc1. The zero-order chi connectivity index (χ0) is 20.8. The summed E-state index contributed by atoms with van der Waals surface area (Å²) in [5.41, 5.74) is 3.42. The molecule has 2 fully saturated rings. The van der Waals surface area contributed by atoms with E-state index < -0.39 is 0 Å². The Bertz CT molecular complexity index is 1010. The van der Waals surface area contributed by atoms with Crippen LogP contribution in [-0.2, 0) is 0 Å². The van der Waals surface area contributed by atoms with Gasteiger partial charge in [0.2, 0.25) is 11.7 Å². The molecule has 156 valence electrons. The first kappa shape index (κ1) is 19.4. The summed E-state index contributed by atoms with van der Waals surface area (Å²) in [7, 11) is 4.24. The highest BCUT2D eigenvalue weighted by atomic mass is 19.1. The van der Waals surface area contributed by atoms with Crippen LogP contribution in [0.3, 0.4) is 0 Å². The standard InChI is InChI=1S/C25H28FN3O/c1-15-4-6-17(7-5-15)24-27-25(30-28-24)22-20-13-10-18(14-21(20)22)23(29(2)3)16-8-11-19(26)12-9-16/h4-9,11-12,18,20-23H,10,13-14H2,1-3H3. The number of rotatable bonds is 5. The van der Waals surface area contributed by atoms with E-state index in [0.29, 0.717) is 35.5 Å². The quantitative estimate of drug-likeness (QED) is 0.553. The van der Waals surface area contributed by atoms with Crippen molar-refractivity contribution in [1.82, 2.24) is 15.0 Å². The van der Waals surface area contributed by atoms with Crippen molar-refractivity contribution >= 4 is 0 Å². The van der Waals surface area contributed by atoms with Crippen LogP contribution < -0.4 is 0 Å². The van der Waals surface area contributed by atoms with E-state index in [1.54, 1.807) is 12.1 Å². The highest BCUT2D eigenvalue weighted by molar-refractivity contribution is 5.54. The van der Waals surface area contributed by atoms with Gasteiger partial charge in [0.25, 0.3) is 0 Å². The topological polar surface area (TPSA) is 42.2 Å². The molecule has 30 heavy (non-hydrogen) atoms. The minimum absolute atomic E-state index is 0.178. The predicted octanol–water partition coefficient (Wildman–Crippen LogP) is 5.62. The molecular weight excluding hydrogens is 377 g/mol. The lowest BCUT2D eigenvalue weighted by molar-refractivity contribution is 0.166. The van der Waals surface area contributed by atoms with Crippen LogP contribution in [0.15, 0.2) is 53.1 Å². The molecule has 3 aromatic rings. The predicted molar refractivity (Wildman–Crippen MR) is 114 cm³/mol. The molecule has 2 saturated carbocycles. The van der Waals surface area contributed by atoms with E-state index in [4.69, 9.17) is 9.51 Å². The highest BCUT2D eigenvalue weighted by Crippen LogP contribution is 2.63. The number of aryl methyl sites for hydroxylation is 1. The summed E-state index contributed by atoms with van der Waals surface area (Å²) < 4.78 is 19.1. The fourth-order valence-corrected chi connectivity index (χ4v) is 5.53. The first-order chi connectivity index (χ1) is 14.5. The van der Waals surface area contributed by atoms with Crippen LogP contribution in [0, 0.1) is 30.5 Å². The second-order valence-electron chi connectivity index (χ2n) is 9.21. The third-order valence-corrected chi connectivity index (χ3v) is 7.03. The second kappa shape index (κ2) is 7.62. The molecule has 5 atom stereocenters. The van der Waals surface area contributed by atoms with Crippen LogP contribution >= 0.6 is 0 Å². The number of nitrogens with zero attached hydrogens (tertiary/aromatic N) is 3. The summed E-state index contributed by atoms with van der Waals surface area (Å²) >= 11 is 0. The zero-order valence-electron chi connectivity index (χ0n) is 17.8. The van der Waals surface area contributed by atoms with Gasteiger partial charge in [0.1, 0.15) is 5.82 Å². The van der Waals surface area contributed by atoms with Crippen molar-refractivity contribution in [2.24, 2.45) is 17.8 Å². The average molecular weight is 406 g/mol. The Hall–Kier alpha value is -2.53. The van der Waals surface area contributed by atoms with Crippen molar-refractivity contribution in [3.63, 3.8) is 0 Å². The summed E-state index contributed by atoms with van der Waals surface area (Å²) in [5, 5.41) is 4.24. The molecule has 2 aromatic carbocycles. The van der Waals surface area contributed by atoms with Crippen LogP contribution in [0.25, 0.3) is 11.4 Å². The van der Waals surface area contributed by atoms with Crippen LogP contribution in [0.4, 0.5) is 4.39 Å². The lowest BCUT2D eigenvalue weighted by atomic mass is 9.80. The molecule has 0 radical (unpaired) electrons. The Kier molecular flexibility index (Phi) is 4.94. The highest BCUT2D eigenvalue weighted by Gasteiger charge is 2.57. The van der Waals surface area contributed by atoms with Crippen molar-refractivity contribution in [3.8, 4) is 11.4 Å². The van der Waals surface area contributed by atoms with Gasteiger partial charge in [-0.05, 0) is 75.7 Å². The molecule has 1 aromatic heterocycles. The number of aromatic nitrogens is 2. The maximum absolute atomic E-state index is 13.4. The molecule has 5 heteroatoms. The molecular formula is C25H28FN3O. The minimum Gasteiger partial charge on any atom is -0.339 e. The molecule has 5 unspecified atom stereocenters. The number of hydrogen-bond acceptors (Lipinski definition) is 4. The fourth-order valence-electron chi connectivity index (χ4n) is 5.53. The molecule has 0 amide bonds. The van der Waals surface area contributed by atoms with Gasteiger partial charge in [-0.1, -0.05) is 47.1 Å². The summed E-state index contributed by atoms with van der Waals surface area (Å²) in [6, 6.07) is 15.6. The number of benzene rings is 2. The molecule has 0 bridgehead atoms. The van der Waals surface area contributed by atoms with Crippen molar-refractivity contribution in [1.29, 1.82) is 0 Å². The van der Waals surface area contributed by atoms with Gasteiger partial charge in [0.15, 0.2) is 0 Å². The van der Waals surface area contributed by atoms with Crippen molar-refractivity contribution in [2.45, 2.75) is 38.1 Å². The molecule has 0 saturated heterocycles. The second-order valence-corrected chi connectivity index (χ2v) is 9.21. The normalized spacial score (nSPS) is 26.4. The van der Waals surface area contributed by atoms with Gasteiger partial charge in [-0.15, -0.1) is 0 Å². The summed E-state index contributed by atoms with van der Waals surface area (Å²) in [6.45, 7) is 2.07. The molecule has 0 aliphatic heterocycles. The van der Waals surface area contributed by atoms with E-state index in [9.17, 15) is 4.39 Å². The van der Waals surface area contributed by atoms with Crippen LogP contribution in [0.5, 0.6) is 0 Å². The third-order valence-electron chi connectivity index (χ3n) is 7.03. The lowest BCUT2D eigenvalue weighted by Crippen LogP contribution is -2.29. The monoisotopic (exact) mass is 405 g/mol.